The third-order valence-electron chi connectivity index (χ3n) is 2.31. The van der Waals surface area contributed by atoms with E-state index >= 15 is 0 Å². The van der Waals surface area contributed by atoms with Gasteiger partial charge in [0.1, 0.15) is 5.69 Å². The second-order valence-corrected chi connectivity index (χ2v) is 3.60. The fourth-order valence-electron chi connectivity index (χ4n) is 1.39. The largest absolute Gasteiger partial charge is 0.344 e. The van der Waals surface area contributed by atoms with Gasteiger partial charge in [-0.15, -0.1) is 0 Å². The van der Waals surface area contributed by atoms with E-state index < -0.39 is 0 Å². The molecule has 2 rings (SSSR count). The molecule has 2 aromatic rings. The van der Waals surface area contributed by atoms with Gasteiger partial charge < -0.3 is 5.32 Å². The van der Waals surface area contributed by atoms with Gasteiger partial charge in [0.05, 0.1) is 12.2 Å². The van der Waals surface area contributed by atoms with Crippen LogP contribution in [0.3, 0.4) is 0 Å². The van der Waals surface area contributed by atoms with Crippen LogP contribution in [0, 0.1) is 0 Å². The molecular formula is C10H13N5O. The van der Waals surface area contributed by atoms with Crippen molar-refractivity contribution in [3.05, 3.63) is 35.9 Å². The normalized spacial score (nSPS) is 12.4. The van der Waals surface area contributed by atoms with E-state index in [-0.39, 0.29) is 11.9 Å². The molecule has 1 amide bonds. The topological polar surface area (TPSA) is 75.6 Å². The second-order valence-electron chi connectivity index (χ2n) is 3.60. The summed E-state index contributed by atoms with van der Waals surface area (Å²) in [6, 6.07) is 1.59. The summed E-state index contributed by atoms with van der Waals surface area (Å²) in [7, 11) is 1.77. The van der Waals surface area contributed by atoms with E-state index in [0.29, 0.717) is 5.69 Å². The summed E-state index contributed by atoms with van der Waals surface area (Å²) < 4.78 is 1.59. The van der Waals surface area contributed by atoms with Gasteiger partial charge in [0, 0.05) is 25.0 Å². The van der Waals surface area contributed by atoms with Gasteiger partial charge >= 0.3 is 0 Å². The van der Waals surface area contributed by atoms with E-state index in [9.17, 15) is 4.79 Å². The highest BCUT2D eigenvalue weighted by atomic mass is 16.2. The van der Waals surface area contributed by atoms with Crippen molar-refractivity contribution in [2.45, 2.75) is 13.0 Å². The lowest BCUT2D eigenvalue weighted by Gasteiger charge is -2.10. The number of carbonyl (C=O) groups excluding carboxylic acids is 1. The highest BCUT2D eigenvalue weighted by molar-refractivity contribution is 5.92. The molecule has 6 nitrogen and oxygen atoms in total. The summed E-state index contributed by atoms with van der Waals surface area (Å²) in [5.41, 5.74) is 1.35. The summed E-state index contributed by atoms with van der Waals surface area (Å²) in [5.74, 6) is -0.186. The Morgan fingerprint density at radius 3 is 3.00 bits per heavy atom. The van der Waals surface area contributed by atoms with Crippen molar-refractivity contribution >= 4 is 5.91 Å². The van der Waals surface area contributed by atoms with E-state index in [0.717, 1.165) is 5.56 Å². The van der Waals surface area contributed by atoms with Crippen LogP contribution in [-0.4, -0.2) is 25.9 Å². The molecule has 0 aliphatic heterocycles. The molecule has 0 aliphatic rings. The van der Waals surface area contributed by atoms with Crippen LogP contribution < -0.4 is 5.32 Å². The van der Waals surface area contributed by atoms with E-state index in [1.54, 1.807) is 36.4 Å². The standard InChI is InChI=1S/C10H13N5O/c1-7(8-5-11-12-6-8)13-10(16)9-3-4-15(2)14-9/h3-7H,1-2H3,(H,11,12)(H,13,16). The van der Waals surface area contributed by atoms with Crippen LogP contribution in [0.5, 0.6) is 0 Å². The molecule has 2 aromatic heterocycles. The monoisotopic (exact) mass is 219 g/mol. The lowest BCUT2D eigenvalue weighted by Crippen LogP contribution is -2.26. The molecule has 0 fully saturated rings. The number of nitrogens with zero attached hydrogens (tertiary/aromatic N) is 3. The van der Waals surface area contributed by atoms with Crippen LogP contribution in [0.2, 0.25) is 0 Å². The van der Waals surface area contributed by atoms with Gasteiger partial charge in [-0.05, 0) is 13.0 Å². The van der Waals surface area contributed by atoms with Crippen molar-refractivity contribution in [2.75, 3.05) is 0 Å². The Hall–Kier alpha value is -2.11. The number of hydrogen-bond donors (Lipinski definition) is 2. The summed E-state index contributed by atoms with van der Waals surface area (Å²) in [4.78, 5) is 11.7. The first-order valence-corrected chi connectivity index (χ1v) is 4.96. The Bertz CT molecular complexity index is 473. The first-order valence-electron chi connectivity index (χ1n) is 4.96. The predicted molar refractivity (Wildman–Crippen MR) is 57.7 cm³/mol. The number of H-pyrrole nitrogens is 1. The quantitative estimate of drug-likeness (QED) is 0.795. The summed E-state index contributed by atoms with van der Waals surface area (Å²) >= 11 is 0. The zero-order valence-electron chi connectivity index (χ0n) is 9.14. The van der Waals surface area contributed by atoms with Crippen LogP contribution in [0.15, 0.2) is 24.7 Å². The molecule has 2 N–H and O–H groups in total. The molecule has 2 heterocycles. The average Bonchev–Trinajstić information content (AvgIpc) is 2.87. The van der Waals surface area contributed by atoms with Gasteiger partial charge in [0.15, 0.2) is 0 Å². The van der Waals surface area contributed by atoms with Gasteiger partial charge in [0.25, 0.3) is 5.91 Å². The summed E-state index contributed by atoms with van der Waals surface area (Å²) in [6.07, 6.45) is 5.17. The lowest BCUT2D eigenvalue weighted by atomic mass is 10.2. The molecule has 16 heavy (non-hydrogen) atoms. The molecule has 0 aromatic carbocycles. The maximum Gasteiger partial charge on any atom is 0.272 e. The number of amides is 1. The molecule has 0 saturated carbocycles. The maximum absolute atomic E-state index is 11.7. The first-order chi connectivity index (χ1) is 7.66. The Kier molecular flexibility index (Phi) is 2.72. The third kappa shape index (κ3) is 2.10. The number of aryl methyl sites for hydroxylation is 1. The molecule has 0 radical (unpaired) electrons. The summed E-state index contributed by atoms with van der Waals surface area (Å²) in [6.45, 7) is 1.89. The van der Waals surface area contributed by atoms with Crippen LogP contribution in [0.4, 0.5) is 0 Å². The molecular weight excluding hydrogens is 206 g/mol. The van der Waals surface area contributed by atoms with E-state index in [1.807, 2.05) is 6.92 Å². The van der Waals surface area contributed by atoms with Gasteiger partial charge in [-0.25, -0.2) is 0 Å². The van der Waals surface area contributed by atoms with Gasteiger partial charge in [-0.3, -0.25) is 14.6 Å². The Morgan fingerprint density at radius 2 is 2.44 bits per heavy atom. The van der Waals surface area contributed by atoms with Crippen LogP contribution >= 0.6 is 0 Å². The molecule has 84 valence electrons. The number of nitrogens with one attached hydrogen (secondary N) is 2. The number of rotatable bonds is 3. The van der Waals surface area contributed by atoms with Crippen molar-refractivity contribution in [1.82, 2.24) is 25.3 Å². The molecule has 1 unspecified atom stereocenters. The maximum atomic E-state index is 11.7. The minimum Gasteiger partial charge on any atom is -0.344 e. The van der Waals surface area contributed by atoms with E-state index in [2.05, 4.69) is 20.6 Å². The second kappa shape index (κ2) is 4.18. The van der Waals surface area contributed by atoms with Crippen molar-refractivity contribution < 1.29 is 4.79 Å². The molecule has 1 atom stereocenters. The van der Waals surface area contributed by atoms with Gasteiger partial charge in [0.2, 0.25) is 0 Å². The summed E-state index contributed by atoms with van der Waals surface area (Å²) in [5, 5.41) is 13.4. The molecule has 6 heteroatoms. The minimum atomic E-state index is -0.186. The van der Waals surface area contributed by atoms with E-state index in [4.69, 9.17) is 0 Å². The predicted octanol–water partition coefficient (Wildman–Crippen LogP) is 0.634. The minimum absolute atomic E-state index is 0.0896. The number of aromatic nitrogens is 4. The molecule has 0 saturated heterocycles. The van der Waals surface area contributed by atoms with Gasteiger partial charge in [-0.2, -0.15) is 10.2 Å². The third-order valence-corrected chi connectivity index (χ3v) is 2.31. The Labute approximate surface area is 92.7 Å². The SMILES string of the molecule is CC(NC(=O)c1ccn(C)n1)c1cn[nH]c1. The van der Waals surface area contributed by atoms with Crippen molar-refractivity contribution in [3.8, 4) is 0 Å². The Balaban J connectivity index is 2.03. The molecule has 0 spiro atoms. The number of hydrogen-bond acceptors (Lipinski definition) is 3. The lowest BCUT2D eigenvalue weighted by molar-refractivity contribution is 0.0934. The Morgan fingerprint density at radius 1 is 1.62 bits per heavy atom. The van der Waals surface area contributed by atoms with Crippen LogP contribution in [0.1, 0.15) is 29.0 Å². The number of aromatic amines is 1. The number of carbonyl (C=O) groups is 1. The zero-order chi connectivity index (χ0) is 11.5. The van der Waals surface area contributed by atoms with Gasteiger partial charge in [-0.1, -0.05) is 0 Å². The smallest absolute Gasteiger partial charge is 0.272 e. The molecule has 0 aliphatic carbocycles. The van der Waals surface area contributed by atoms with Crippen molar-refractivity contribution in [2.24, 2.45) is 7.05 Å². The highest BCUT2D eigenvalue weighted by Crippen LogP contribution is 2.09. The van der Waals surface area contributed by atoms with Crippen LogP contribution in [-0.2, 0) is 7.05 Å². The zero-order valence-corrected chi connectivity index (χ0v) is 9.14. The van der Waals surface area contributed by atoms with Crippen molar-refractivity contribution in [3.63, 3.8) is 0 Å². The highest BCUT2D eigenvalue weighted by Gasteiger charge is 2.13. The van der Waals surface area contributed by atoms with E-state index in [1.165, 1.54) is 0 Å². The first kappa shape index (κ1) is 10.4. The average molecular weight is 219 g/mol. The van der Waals surface area contributed by atoms with Crippen molar-refractivity contribution in [1.29, 1.82) is 0 Å². The fraction of sp³-hybridized carbons (Fsp3) is 0.300. The van der Waals surface area contributed by atoms with Crippen LogP contribution in [0.25, 0.3) is 0 Å². The molecule has 0 bridgehead atoms. The fourth-order valence-corrected chi connectivity index (χ4v) is 1.39.